The zero-order chi connectivity index (χ0) is 27.7. The van der Waals surface area contributed by atoms with Gasteiger partial charge in [-0.25, -0.2) is 0 Å². The molecule has 0 radical (unpaired) electrons. The Bertz CT molecular complexity index is 1000. The maximum atomic E-state index is 9.87. The number of hydrogen-bond donors (Lipinski definition) is 4. The van der Waals surface area contributed by atoms with Gasteiger partial charge in [0.1, 0.15) is 11.4 Å². The summed E-state index contributed by atoms with van der Waals surface area (Å²) in [4.78, 5) is 5.46. The summed E-state index contributed by atoms with van der Waals surface area (Å²) in [5.41, 5.74) is 7.29. The molecule has 0 amide bonds. The highest BCUT2D eigenvalue weighted by atomic mass is 32.2. The first-order valence-corrected chi connectivity index (χ1v) is 12.9. The zero-order valence-corrected chi connectivity index (χ0v) is 23.5. The number of anilines is 1. The van der Waals surface area contributed by atoms with E-state index in [0.717, 1.165) is 34.7 Å². The first-order valence-electron chi connectivity index (χ1n) is 12.2. The lowest BCUT2D eigenvalue weighted by molar-refractivity contribution is -0.237. The van der Waals surface area contributed by atoms with Crippen molar-refractivity contribution < 1.29 is 14.4 Å². The number of nitrogens with zero attached hydrogens (tertiary/aromatic N) is 3. The minimum absolute atomic E-state index is 0. The van der Waals surface area contributed by atoms with Gasteiger partial charge in [-0.1, -0.05) is 84.5 Å². The van der Waals surface area contributed by atoms with Gasteiger partial charge < -0.3 is 10.4 Å². The fourth-order valence-corrected chi connectivity index (χ4v) is 2.60. The lowest BCUT2D eigenvalue weighted by Crippen LogP contribution is -2.04. The number of phenolic OH excluding ortho intramolecular Hbond substituents is 1. The molecule has 10 heteroatoms. The van der Waals surface area contributed by atoms with Gasteiger partial charge in [0.15, 0.2) is 0 Å². The Morgan fingerprint density at radius 3 is 2.00 bits per heavy atom. The van der Waals surface area contributed by atoms with E-state index in [0.29, 0.717) is 11.5 Å². The molecule has 3 rings (SSSR count). The molecule has 0 spiro atoms. The van der Waals surface area contributed by atoms with Crippen LogP contribution >= 0.6 is 12.0 Å². The van der Waals surface area contributed by atoms with Crippen LogP contribution in [0.5, 0.6) is 5.75 Å². The van der Waals surface area contributed by atoms with Crippen molar-refractivity contribution >= 4 is 29.3 Å². The van der Waals surface area contributed by atoms with E-state index < -0.39 is 0 Å². The van der Waals surface area contributed by atoms with Crippen LogP contribution in [0.2, 0.25) is 0 Å². The quantitative estimate of drug-likeness (QED) is 0.0411. The van der Waals surface area contributed by atoms with Gasteiger partial charge in [-0.05, 0) is 50.0 Å². The SMILES string of the molecule is C.CC.CC.CCNC.CNOOSc1ccc(N/N=C(\N=Nc2ccccc2O)c2ccccc2)cc1. The number of hydrazone groups is 1. The van der Waals surface area contributed by atoms with Crippen LogP contribution in [0.3, 0.4) is 0 Å². The van der Waals surface area contributed by atoms with Gasteiger partial charge in [-0.2, -0.15) is 10.6 Å². The van der Waals surface area contributed by atoms with E-state index in [2.05, 4.69) is 43.5 Å². The average molecular weight is 545 g/mol. The van der Waals surface area contributed by atoms with Crippen LogP contribution in [-0.2, 0) is 9.32 Å². The van der Waals surface area contributed by atoms with Crippen molar-refractivity contribution in [2.24, 2.45) is 15.3 Å². The molecule has 0 aliphatic heterocycles. The summed E-state index contributed by atoms with van der Waals surface area (Å²) in [5, 5.41) is 25.5. The highest BCUT2D eigenvalue weighted by molar-refractivity contribution is 7.94. The molecule has 0 bridgehead atoms. The van der Waals surface area contributed by atoms with Crippen molar-refractivity contribution in [3.63, 3.8) is 0 Å². The number of nitrogens with one attached hydrogen (secondary N) is 3. The molecule has 3 aromatic rings. The lowest BCUT2D eigenvalue weighted by atomic mass is 10.2. The Kier molecular flexibility index (Phi) is 24.6. The third kappa shape index (κ3) is 15.7. The Hall–Kier alpha value is -3.28. The van der Waals surface area contributed by atoms with Crippen LogP contribution in [-0.4, -0.2) is 31.6 Å². The van der Waals surface area contributed by atoms with E-state index in [9.17, 15) is 5.11 Å². The standard InChI is InChI=1S/C20H19N5O3S.C3H9N.2C2H6.CH4/c1-21-27-28-29-17-13-11-16(12-14-17)22-24-20(15-7-3-2-4-8-15)25-23-18-9-5-6-10-19(18)26;1-3-4-2;2*1-2;/h2-14,21-22,26H,1H3;4H,3H2,1-2H3;2*1-2H3;1H4/b24-20-,25-23?;;;;. The minimum Gasteiger partial charge on any atom is -0.506 e. The number of phenols is 1. The van der Waals surface area contributed by atoms with Crippen molar-refractivity contribution in [3.05, 3.63) is 84.4 Å². The lowest BCUT2D eigenvalue weighted by Gasteiger charge is -2.05. The first kappa shape index (κ1) is 36.9. The molecule has 0 saturated heterocycles. The van der Waals surface area contributed by atoms with Crippen molar-refractivity contribution in [2.45, 2.75) is 46.9 Å². The number of hydrogen-bond acceptors (Lipinski definition) is 9. The van der Waals surface area contributed by atoms with E-state index in [-0.39, 0.29) is 13.2 Å². The molecular formula is C28H44N6O3S. The highest BCUT2D eigenvalue weighted by Gasteiger charge is 2.04. The number of azo groups is 1. The second kappa shape index (κ2) is 25.4. The van der Waals surface area contributed by atoms with Gasteiger partial charge >= 0.3 is 0 Å². The van der Waals surface area contributed by atoms with Crippen LogP contribution < -0.4 is 16.2 Å². The monoisotopic (exact) mass is 544 g/mol. The maximum absolute atomic E-state index is 9.87. The first-order chi connectivity index (χ1) is 18.2. The third-order valence-electron chi connectivity index (χ3n) is 3.91. The molecule has 0 atom stereocenters. The summed E-state index contributed by atoms with van der Waals surface area (Å²) in [6, 6.07) is 23.6. The molecule has 0 aliphatic rings. The van der Waals surface area contributed by atoms with Gasteiger partial charge in [-0.15, -0.1) is 19.6 Å². The number of benzene rings is 3. The second-order valence-electron chi connectivity index (χ2n) is 6.27. The molecule has 0 heterocycles. The molecule has 4 N–H and O–H groups in total. The number of hydroxylamine groups is 1. The van der Waals surface area contributed by atoms with Gasteiger partial charge in [-0.3, -0.25) is 5.43 Å². The van der Waals surface area contributed by atoms with Gasteiger partial charge in [0.25, 0.3) is 0 Å². The van der Waals surface area contributed by atoms with Gasteiger partial charge in [0, 0.05) is 17.5 Å². The molecule has 210 valence electrons. The molecule has 0 aromatic heterocycles. The van der Waals surface area contributed by atoms with E-state index in [1.54, 1.807) is 31.3 Å². The summed E-state index contributed by atoms with van der Waals surface area (Å²) in [6.45, 7) is 11.1. The maximum Gasteiger partial charge on any atom is 0.201 e. The summed E-state index contributed by atoms with van der Waals surface area (Å²) in [6.07, 6.45) is 0. The molecule has 0 unspecified atom stereocenters. The molecule has 9 nitrogen and oxygen atoms in total. The number of rotatable bonds is 9. The van der Waals surface area contributed by atoms with Crippen LogP contribution in [0, 0.1) is 0 Å². The van der Waals surface area contributed by atoms with Crippen molar-refractivity contribution in [1.82, 2.24) is 10.8 Å². The summed E-state index contributed by atoms with van der Waals surface area (Å²) >= 11 is 1.08. The topological polar surface area (TPSA) is 112 Å². The van der Waals surface area contributed by atoms with Crippen LogP contribution in [0.4, 0.5) is 11.4 Å². The molecule has 0 aliphatic carbocycles. The second-order valence-corrected chi connectivity index (χ2v) is 7.05. The largest absolute Gasteiger partial charge is 0.506 e. The summed E-state index contributed by atoms with van der Waals surface area (Å²) in [7, 11) is 3.53. The van der Waals surface area contributed by atoms with Crippen molar-refractivity contribution in [1.29, 1.82) is 0 Å². The minimum atomic E-state index is 0. The summed E-state index contributed by atoms with van der Waals surface area (Å²) < 4.78 is 4.86. The third-order valence-corrected chi connectivity index (χ3v) is 4.51. The average Bonchev–Trinajstić information content (AvgIpc) is 2.97. The molecule has 38 heavy (non-hydrogen) atoms. The summed E-state index contributed by atoms with van der Waals surface area (Å²) in [5.74, 6) is 0.423. The Morgan fingerprint density at radius 1 is 0.868 bits per heavy atom. The Labute approximate surface area is 232 Å². The normalized spacial score (nSPS) is 10.0. The van der Waals surface area contributed by atoms with E-state index in [1.807, 2.05) is 89.3 Å². The van der Waals surface area contributed by atoms with E-state index in [4.69, 9.17) is 4.33 Å². The number of para-hydroxylation sites is 1. The Morgan fingerprint density at radius 2 is 1.45 bits per heavy atom. The molecule has 3 aromatic carbocycles. The van der Waals surface area contributed by atoms with Crippen LogP contribution in [0.25, 0.3) is 0 Å². The van der Waals surface area contributed by atoms with Crippen molar-refractivity contribution in [3.8, 4) is 5.75 Å². The van der Waals surface area contributed by atoms with Gasteiger partial charge in [0.2, 0.25) is 5.84 Å². The predicted octanol–water partition coefficient (Wildman–Crippen LogP) is 7.95. The highest BCUT2D eigenvalue weighted by Crippen LogP contribution is 2.25. The van der Waals surface area contributed by atoms with Gasteiger partial charge in [0.05, 0.1) is 17.7 Å². The van der Waals surface area contributed by atoms with E-state index >= 15 is 0 Å². The smallest absolute Gasteiger partial charge is 0.201 e. The fraction of sp³-hybridized carbons (Fsp3) is 0.321. The predicted molar refractivity (Wildman–Crippen MR) is 162 cm³/mol. The fourth-order valence-electron chi connectivity index (χ4n) is 2.17. The van der Waals surface area contributed by atoms with Crippen LogP contribution in [0.1, 0.15) is 47.6 Å². The number of aromatic hydroxyl groups is 1. The molecule has 0 saturated carbocycles. The number of amidine groups is 1. The van der Waals surface area contributed by atoms with Crippen LogP contribution in [0.15, 0.2) is 99.1 Å². The molecular weight excluding hydrogens is 500 g/mol. The zero-order valence-electron chi connectivity index (χ0n) is 22.7. The van der Waals surface area contributed by atoms with Crippen molar-refractivity contribution in [2.75, 3.05) is 26.1 Å². The Balaban J connectivity index is 0. The van der Waals surface area contributed by atoms with E-state index in [1.165, 1.54) is 0 Å². The molecule has 0 fully saturated rings.